The van der Waals surface area contributed by atoms with Crippen LogP contribution in [0.5, 0.6) is 0 Å². The fourth-order valence-corrected chi connectivity index (χ4v) is 5.79. The third-order valence-corrected chi connectivity index (χ3v) is 7.38. The van der Waals surface area contributed by atoms with Gasteiger partial charge in [0.25, 0.3) is 5.91 Å². The molecule has 0 radical (unpaired) electrons. The Labute approximate surface area is 195 Å². The average molecular weight is 486 g/mol. The van der Waals surface area contributed by atoms with E-state index in [9.17, 15) is 4.79 Å². The number of nitrogens with zero attached hydrogens (tertiary/aromatic N) is 3. The number of carbonyl (C=O) groups is 1. The molecule has 2 aromatic rings. The molecule has 2 aliphatic rings. The number of nitrogens with one attached hydrogen (secondary N) is 1. The third kappa shape index (κ3) is 4.48. The van der Waals surface area contributed by atoms with Gasteiger partial charge in [-0.3, -0.25) is 15.2 Å². The summed E-state index contributed by atoms with van der Waals surface area (Å²) < 4.78 is 0.702. The third-order valence-electron chi connectivity index (χ3n) is 5.54. The van der Waals surface area contributed by atoms with Crippen LogP contribution < -0.4 is 10.4 Å². The van der Waals surface area contributed by atoms with Crippen LogP contribution in [0.3, 0.4) is 0 Å². The molecule has 30 heavy (non-hydrogen) atoms. The monoisotopic (exact) mass is 484 g/mol. The van der Waals surface area contributed by atoms with E-state index < -0.39 is 0 Å². The van der Waals surface area contributed by atoms with E-state index in [1.807, 2.05) is 28.2 Å². The molecular formula is C21H23Cl3N4OS. The molecule has 1 fully saturated rings. The number of anilines is 1. The van der Waals surface area contributed by atoms with Crippen LogP contribution in [0, 0.1) is 5.92 Å². The van der Waals surface area contributed by atoms with E-state index in [0.717, 1.165) is 42.9 Å². The molecule has 0 bridgehead atoms. The summed E-state index contributed by atoms with van der Waals surface area (Å²) in [6, 6.07) is 9.03. The standard InChI is InChI=1S/C21H23Cl3N4OS/c1-2-14-19(21(29)26-27-10-4-3-5-11-27)25-28(16-7-6-13(22)12-15(16)23)20(14)17-8-9-18(24)30-17/h6-9,12,14,20H,2-5,10-11H2,1H3,(H,26,29). The average Bonchev–Trinajstić information content (AvgIpc) is 3.32. The highest BCUT2D eigenvalue weighted by Gasteiger charge is 2.42. The fourth-order valence-electron chi connectivity index (χ4n) is 4.09. The van der Waals surface area contributed by atoms with Gasteiger partial charge in [0.15, 0.2) is 0 Å². The number of hydrogen-bond donors (Lipinski definition) is 1. The van der Waals surface area contributed by atoms with Gasteiger partial charge in [0.05, 0.1) is 21.1 Å². The first-order chi connectivity index (χ1) is 14.5. The number of carbonyl (C=O) groups excluding carboxylic acids is 1. The molecule has 0 saturated carbocycles. The Morgan fingerprint density at radius 2 is 1.93 bits per heavy atom. The summed E-state index contributed by atoms with van der Waals surface area (Å²) in [5.74, 6) is -0.236. The van der Waals surface area contributed by atoms with E-state index >= 15 is 0 Å². The minimum Gasteiger partial charge on any atom is -0.284 e. The zero-order chi connectivity index (χ0) is 21.3. The lowest BCUT2D eigenvalue weighted by Gasteiger charge is -2.28. The second-order valence-electron chi connectivity index (χ2n) is 7.52. The zero-order valence-electron chi connectivity index (χ0n) is 16.6. The molecule has 1 amide bonds. The van der Waals surface area contributed by atoms with Gasteiger partial charge in [-0.1, -0.05) is 48.1 Å². The first-order valence-electron chi connectivity index (χ1n) is 10.1. The van der Waals surface area contributed by atoms with Crippen LogP contribution in [0.4, 0.5) is 5.69 Å². The normalized spacial score (nSPS) is 22.3. The maximum absolute atomic E-state index is 13.2. The van der Waals surface area contributed by atoms with Crippen LogP contribution in [0.25, 0.3) is 0 Å². The molecule has 1 saturated heterocycles. The first-order valence-corrected chi connectivity index (χ1v) is 12.1. The highest BCUT2D eigenvalue weighted by Crippen LogP contribution is 2.45. The molecule has 0 spiro atoms. The maximum atomic E-state index is 13.2. The Balaban J connectivity index is 1.70. The van der Waals surface area contributed by atoms with Crippen molar-refractivity contribution in [1.29, 1.82) is 0 Å². The van der Waals surface area contributed by atoms with Gasteiger partial charge < -0.3 is 0 Å². The molecule has 1 N–H and O–H groups in total. The Hall–Kier alpha value is -1.31. The van der Waals surface area contributed by atoms with E-state index in [4.69, 9.17) is 39.9 Å². The Kier molecular flexibility index (Phi) is 6.90. The number of hydrazone groups is 1. The fraction of sp³-hybridized carbons (Fsp3) is 0.429. The van der Waals surface area contributed by atoms with Crippen molar-refractivity contribution in [2.24, 2.45) is 11.0 Å². The summed E-state index contributed by atoms with van der Waals surface area (Å²) in [7, 11) is 0. The maximum Gasteiger partial charge on any atom is 0.282 e. The van der Waals surface area contributed by atoms with Crippen LogP contribution in [0.2, 0.25) is 14.4 Å². The van der Waals surface area contributed by atoms with Gasteiger partial charge in [-0.05, 0) is 49.6 Å². The van der Waals surface area contributed by atoms with Crippen LogP contribution >= 0.6 is 46.1 Å². The van der Waals surface area contributed by atoms with Crippen molar-refractivity contribution in [3.05, 3.63) is 49.6 Å². The van der Waals surface area contributed by atoms with Crippen molar-refractivity contribution in [3.63, 3.8) is 0 Å². The van der Waals surface area contributed by atoms with Gasteiger partial charge >= 0.3 is 0 Å². The lowest BCUT2D eigenvalue weighted by molar-refractivity contribution is -0.120. The van der Waals surface area contributed by atoms with Crippen LogP contribution in [-0.2, 0) is 4.79 Å². The van der Waals surface area contributed by atoms with E-state index in [1.54, 1.807) is 12.1 Å². The lowest BCUT2D eigenvalue weighted by Crippen LogP contribution is -2.48. The Bertz CT molecular complexity index is 957. The molecule has 0 aliphatic carbocycles. The summed E-state index contributed by atoms with van der Waals surface area (Å²) in [5, 5.41) is 9.67. The number of rotatable bonds is 5. The van der Waals surface area contributed by atoms with Crippen LogP contribution in [0.1, 0.15) is 43.5 Å². The smallest absolute Gasteiger partial charge is 0.282 e. The number of thiophene rings is 1. The molecule has 2 unspecified atom stereocenters. The Morgan fingerprint density at radius 3 is 2.57 bits per heavy atom. The number of benzene rings is 1. The van der Waals surface area contributed by atoms with Gasteiger partial charge in [-0.25, -0.2) is 5.01 Å². The van der Waals surface area contributed by atoms with Gasteiger partial charge in [0.2, 0.25) is 0 Å². The molecule has 1 aromatic heterocycles. The van der Waals surface area contributed by atoms with Gasteiger partial charge in [-0.2, -0.15) is 5.10 Å². The van der Waals surface area contributed by atoms with Crippen molar-refractivity contribution in [1.82, 2.24) is 10.4 Å². The van der Waals surface area contributed by atoms with Gasteiger partial charge in [0, 0.05) is 28.9 Å². The number of halogens is 3. The molecule has 3 heterocycles. The first kappa shape index (κ1) is 21.9. The molecule has 2 aliphatic heterocycles. The van der Waals surface area contributed by atoms with E-state index in [0.29, 0.717) is 20.1 Å². The topological polar surface area (TPSA) is 47.9 Å². The molecule has 160 valence electrons. The number of amides is 1. The van der Waals surface area contributed by atoms with E-state index in [-0.39, 0.29) is 17.9 Å². The molecule has 4 rings (SSSR count). The molecular weight excluding hydrogens is 463 g/mol. The minimum absolute atomic E-state index is 0.0868. The number of hydrazine groups is 1. The zero-order valence-corrected chi connectivity index (χ0v) is 19.7. The molecule has 5 nitrogen and oxygen atoms in total. The van der Waals surface area contributed by atoms with Gasteiger partial charge in [-0.15, -0.1) is 11.3 Å². The van der Waals surface area contributed by atoms with Crippen molar-refractivity contribution < 1.29 is 4.79 Å². The highest BCUT2D eigenvalue weighted by molar-refractivity contribution is 7.16. The largest absolute Gasteiger partial charge is 0.284 e. The Morgan fingerprint density at radius 1 is 1.17 bits per heavy atom. The second-order valence-corrected chi connectivity index (χ2v) is 10.1. The van der Waals surface area contributed by atoms with Crippen molar-refractivity contribution in [3.8, 4) is 0 Å². The lowest BCUT2D eigenvalue weighted by atomic mass is 9.91. The SMILES string of the molecule is CCC1C(C(=O)NN2CCCCC2)=NN(c2ccc(Cl)cc2Cl)C1c1ccc(Cl)s1. The summed E-state index contributed by atoms with van der Waals surface area (Å²) in [6.07, 6.45) is 4.14. The van der Waals surface area contributed by atoms with Crippen LogP contribution in [-0.4, -0.2) is 29.7 Å². The van der Waals surface area contributed by atoms with E-state index in [1.165, 1.54) is 17.8 Å². The summed E-state index contributed by atoms with van der Waals surface area (Å²) >= 11 is 20.4. The minimum atomic E-state index is -0.159. The van der Waals surface area contributed by atoms with Gasteiger partial charge in [0.1, 0.15) is 5.71 Å². The van der Waals surface area contributed by atoms with Crippen molar-refractivity contribution >= 4 is 63.4 Å². The number of hydrogen-bond acceptors (Lipinski definition) is 5. The van der Waals surface area contributed by atoms with Crippen molar-refractivity contribution in [2.45, 2.75) is 38.6 Å². The summed E-state index contributed by atoms with van der Waals surface area (Å²) in [6.45, 7) is 3.81. The van der Waals surface area contributed by atoms with E-state index in [2.05, 4.69) is 12.3 Å². The predicted octanol–water partition coefficient (Wildman–Crippen LogP) is 6.17. The summed E-state index contributed by atoms with van der Waals surface area (Å²) in [5.41, 5.74) is 4.29. The highest BCUT2D eigenvalue weighted by atomic mass is 35.5. The van der Waals surface area contributed by atoms with Crippen LogP contribution in [0.15, 0.2) is 35.4 Å². The second kappa shape index (κ2) is 9.45. The summed E-state index contributed by atoms with van der Waals surface area (Å²) in [4.78, 5) is 14.2. The number of piperidine rings is 1. The quantitative estimate of drug-likeness (QED) is 0.551. The molecule has 2 atom stereocenters. The molecule has 1 aromatic carbocycles. The van der Waals surface area contributed by atoms with Crippen molar-refractivity contribution in [2.75, 3.05) is 18.1 Å². The molecule has 9 heteroatoms. The predicted molar refractivity (Wildman–Crippen MR) is 126 cm³/mol.